The summed E-state index contributed by atoms with van der Waals surface area (Å²) < 4.78 is 1.68. The number of halogens is 2. The molecular weight excluding hydrogens is 286 g/mol. The van der Waals surface area contributed by atoms with Crippen molar-refractivity contribution in [2.75, 3.05) is 13.1 Å². The van der Waals surface area contributed by atoms with E-state index in [1.54, 1.807) is 0 Å². The van der Waals surface area contributed by atoms with Crippen molar-refractivity contribution in [1.82, 2.24) is 4.90 Å². The lowest BCUT2D eigenvalue weighted by molar-refractivity contribution is -0.124. The van der Waals surface area contributed by atoms with Crippen LogP contribution in [0.2, 0.25) is 0 Å². The average Bonchev–Trinajstić information content (AvgIpc) is 2.80. The highest BCUT2D eigenvalue weighted by Crippen LogP contribution is 2.34. The van der Waals surface area contributed by atoms with Gasteiger partial charge in [0, 0.05) is 11.0 Å². The maximum Gasteiger partial charge on any atom is 0.262 e. The number of hydrogen-bond donors (Lipinski definition) is 0. The zero-order chi connectivity index (χ0) is 8.72. The first-order chi connectivity index (χ1) is 5.68. The lowest BCUT2D eigenvalue weighted by atomic mass is 10.4. The third-order valence-electron chi connectivity index (χ3n) is 2.22. The third kappa shape index (κ3) is 1.59. The first kappa shape index (κ1) is 8.75. The molecule has 0 radical (unpaired) electrons. The standard InChI is InChI=1S/C8H9Br2NO/c9-6-4-11(3-5-1-2-5)8(12)7(6)10/h5H,1-4H2. The molecule has 66 valence electrons. The van der Waals surface area contributed by atoms with Crippen molar-refractivity contribution in [3.8, 4) is 0 Å². The molecule has 0 N–H and O–H groups in total. The summed E-state index contributed by atoms with van der Waals surface area (Å²) >= 11 is 6.63. The Kier molecular flexibility index (Phi) is 2.29. The number of amides is 1. The zero-order valence-corrected chi connectivity index (χ0v) is 9.69. The topological polar surface area (TPSA) is 20.3 Å². The summed E-state index contributed by atoms with van der Waals surface area (Å²) in [4.78, 5) is 13.4. The van der Waals surface area contributed by atoms with Crippen molar-refractivity contribution >= 4 is 37.8 Å². The Morgan fingerprint density at radius 3 is 2.50 bits per heavy atom. The van der Waals surface area contributed by atoms with E-state index in [4.69, 9.17) is 0 Å². The van der Waals surface area contributed by atoms with Gasteiger partial charge in [-0.3, -0.25) is 4.79 Å². The van der Waals surface area contributed by atoms with Crippen LogP contribution in [0.3, 0.4) is 0 Å². The summed E-state index contributed by atoms with van der Waals surface area (Å²) in [5.41, 5.74) is 0. The minimum absolute atomic E-state index is 0.133. The van der Waals surface area contributed by atoms with Crippen molar-refractivity contribution in [3.05, 3.63) is 8.96 Å². The quantitative estimate of drug-likeness (QED) is 0.765. The summed E-state index contributed by atoms with van der Waals surface area (Å²) in [5, 5.41) is 0. The lowest BCUT2D eigenvalue weighted by Crippen LogP contribution is -2.28. The van der Waals surface area contributed by atoms with Gasteiger partial charge in [-0.1, -0.05) is 15.9 Å². The molecule has 0 atom stereocenters. The van der Waals surface area contributed by atoms with E-state index in [1.807, 2.05) is 4.90 Å². The molecule has 0 spiro atoms. The smallest absolute Gasteiger partial charge is 0.262 e. The molecule has 0 saturated heterocycles. The van der Waals surface area contributed by atoms with Gasteiger partial charge in [0.25, 0.3) is 5.91 Å². The summed E-state index contributed by atoms with van der Waals surface area (Å²) in [5.74, 6) is 0.904. The van der Waals surface area contributed by atoms with Crippen LogP contribution in [0.5, 0.6) is 0 Å². The van der Waals surface area contributed by atoms with Crippen LogP contribution in [0.25, 0.3) is 0 Å². The Bertz CT molecular complexity index is 258. The van der Waals surface area contributed by atoms with Gasteiger partial charge < -0.3 is 4.90 Å². The maximum atomic E-state index is 11.5. The molecular formula is C8H9Br2NO. The molecule has 2 nitrogen and oxygen atoms in total. The minimum atomic E-state index is 0.133. The van der Waals surface area contributed by atoms with Gasteiger partial charge in [0.1, 0.15) is 0 Å². The monoisotopic (exact) mass is 293 g/mol. The third-order valence-corrected chi connectivity index (χ3v) is 4.22. The molecule has 2 aliphatic rings. The van der Waals surface area contributed by atoms with Crippen LogP contribution in [0, 0.1) is 5.92 Å². The predicted octanol–water partition coefficient (Wildman–Crippen LogP) is 2.24. The molecule has 1 amide bonds. The number of nitrogens with zero attached hydrogens (tertiary/aromatic N) is 1. The molecule has 0 bridgehead atoms. The van der Waals surface area contributed by atoms with Crippen LogP contribution in [-0.4, -0.2) is 23.9 Å². The highest BCUT2D eigenvalue weighted by atomic mass is 79.9. The van der Waals surface area contributed by atoms with Crippen LogP contribution >= 0.6 is 31.9 Å². The number of hydrogen-bond acceptors (Lipinski definition) is 1. The predicted molar refractivity (Wildman–Crippen MR) is 54.2 cm³/mol. The normalized spacial score (nSPS) is 24.2. The fourth-order valence-corrected chi connectivity index (χ4v) is 2.17. The fourth-order valence-electron chi connectivity index (χ4n) is 1.32. The van der Waals surface area contributed by atoms with Gasteiger partial charge in [0.2, 0.25) is 0 Å². The second-order valence-electron chi connectivity index (χ2n) is 3.35. The van der Waals surface area contributed by atoms with E-state index < -0.39 is 0 Å². The van der Waals surface area contributed by atoms with Gasteiger partial charge in [-0.25, -0.2) is 0 Å². The second-order valence-corrected chi connectivity index (χ2v) is 5.10. The molecule has 1 fully saturated rings. The Hall–Kier alpha value is 0.170. The van der Waals surface area contributed by atoms with E-state index >= 15 is 0 Å². The Morgan fingerprint density at radius 1 is 1.42 bits per heavy atom. The van der Waals surface area contributed by atoms with Gasteiger partial charge in [-0.2, -0.15) is 0 Å². The molecule has 4 heteroatoms. The molecule has 1 heterocycles. The Labute approximate surface area is 88.2 Å². The van der Waals surface area contributed by atoms with E-state index in [-0.39, 0.29) is 5.91 Å². The molecule has 1 saturated carbocycles. The molecule has 0 aromatic carbocycles. The van der Waals surface area contributed by atoms with Gasteiger partial charge >= 0.3 is 0 Å². The summed E-state index contributed by atoms with van der Waals surface area (Å²) in [6.45, 7) is 1.68. The largest absolute Gasteiger partial charge is 0.333 e. The average molecular weight is 295 g/mol. The van der Waals surface area contributed by atoms with E-state index in [2.05, 4.69) is 31.9 Å². The van der Waals surface area contributed by atoms with E-state index in [9.17, 15) is 4.79 Å². The van der Waals surface area contributed by atoms with E-state index in [0.29, 0.717) is 4.48 Å². The second kappa shape index (κ2) is 3.14. The van der Waals surface area contributed by atoms with Crippen LogP contribution in [0.4, 0.5) is 0 Å². The van der Waals surface area contributed by atoms with Crippen LogP contribution < -0.4 is 0 Å². The van der Waals surface area contributed by atoms with Crippen molar-refractivity contribution in [1.29, 1.82) is 0 Å². The Balaban J connectivity index is 1.99. The number of rotatable bonds is 2. The first-order valence-corrected chi connectivity index (χ1v) is 5.60. The minimum Gasteiger partial charge on any atom is -0.333 e. The summed E-state index contributed by atoms with van der Waals surface area (Å²) in [6.07, 6.45) is 2.58. The molecule has 0 aromatic rings. The highest BCUT2D eigenvalue weighted by Gasteiger charge is 2.32. The summed E-state index contributed by atoms with van der Waals surface area (Å²) in [7, 11) is 0. The van der Waals surface area contributed by atoms with Gasteiger partial charge in [0.05, 0.1) is 11.0 Å². The molecule has 0 aromatic heterocycles. The molecule has 0 unspecified atom stereocenters. The van der Waals surface area contributed by atoms with Crippen molar-refractivity contribution in [3.63, 3.8) is 0 Å². The van der Waals surface area contributed by atoms with Crippen molar-refractivity contribution in [2.24, 2.45) is 5.92 Å². The first-order valence-electron chi connectivity index (χ1n) is 4.02. The Morgan fingerprint density at radius 2 is 2.08 bits per heavy atom. The SMILES string of the molecule is O=C1C(Br)=C(Br)CN1CC1CC1. The highest BCUT2D eigenvalue weighted by molar-refractivity contribution is 9.14. The van der Waals surface area contributed by atoms with Gasteiger partial charge in [-0.05, 0) is 34.7 Å². The molecule has 1 aliphatic carbocycles. The van der Waals surface area contributed by atoms with Crippen LogP contribution in [0.1, 0.15) is 12.8 Å². The van der Waals surface area contributed by atoms with Crippen LogP contribution in [0.15, 0.2) is 8.96 Å². The van der Waals surface area contributed by atoms with Crippen LogP contribution in [-0.2, 0) is 4.79 Å². The molecule has 1 aliphatic heterocycles. The maximum absolute atomic E-state index is 11.5. The summed E-state index contributed by atoms with van der Waals surface area (Å²) in [6, 6.07) is 0. The van der Waals surface area contributed by atoms with E-state index in [0.717, 1.165) is 23.5 Å². The number of carbonyl (C=O) groups is 1. The van der Waals surface area contributed by atoms with Crippen molar-refractivity contribution in [2.45, 2.75) is 12.8 Å². The molecule has 12 heavy (non-hydrogen) atoms. The van der Waals surface area contributed by atoms with E-state index in [1.165, 1.54) is 12.8 Å². The fraction of sp³-hybridized carbons (Fsp3) is 0.625. The molecule has 2 rings (SSSR count). The lowest BCUT2D eigenvalue weighted by Gasteiger charge is -2.14. The van der Waals surface area contributed by atoms with Crippen molar-refractivity contribution < 1.29 is 4.79 Å². The zero-order valence-electron chi connectivity index (χ0n) is 6.52. The number of carbonyl (C=O) groups excluding carboxylic acids is 1. The van der Waals surface area contributed by atoms with Gasteiger partial charge in [-0.15, -0.1) is 0 Å². The van der Waals surface area contributed by atoms with Gasteiger partial charge in [0.15, 0.2) is 0 Å².